The Hall–Kier alpha value is -2.86. The average Bonchev–Trinajstić information content (AvgIpc) is 3.57. The van der Waals surface area contributed by atoms with E-state index in [9.17, 15) is 24.9 Å². The second-order valence-electron chi connectivity index (χ2n) is 13.0. The molecular weight excluding hydrogens is 609 g/mol. The summed E-state index contributed by atoms with van der Waals surface area (Å²) in [5.74, 6) is -1.72. The molecule has 11 heteroatoms. The second kappa shape index (κ2) is 12.7. The summed E-state index contributed by atoms with van der Waals surface area (Å²) < 4.78 is 0. The largest absolute Gasteiger partial charge is 0.481 e. The van der Waals surface area contributed by atoms with E-state index in [1.54, 1.807) is 0 Å². The predicted molar refractivity (Wildman–Crippen MR) is 183 cm³/mol. The van der Waals surface area contributed by atoms with Crippen LogP contribution in [0.1, 0.15) is 104 Å². The molecule has 3 aliphatic heterocycles. The van der Waals surface area contributed by atoms with E-state index in [2.05, 4.69) is 34.4 Å². The molecular formula is C34H46N4O5S2. The Morgan fingerprint density at radius 3 is 2.20 bits per heavy atom. The van der Waals surface area contributed by atoms with Crippen LogP contribution in [0.2, 0.25) is 0 Å². The monoisotopic (exact) mass is 654 g/mol. The van der Waals surface area contributed by atoms with Crippen molar-refractivity contribution in [3.8, 4) is 0 Å². The lowest BCUT2D eigenvalue weighted by Crippen LogP contribution is -2.50. The molecule has 5 heterocycles. The highest BCUT2D eigenvalue weighted by Gasteiger charge is 2.46. The van der Waals surface area contributed by atoms with Gasteiger partial charge in [0.05, 0.1) is 0 Å². The third-order valence-electron chi connectivity index (χ3n) is 10.0. The number of allylic oxidation sites excluding steroid dienone is 1. The first-order valence-electron chi connectivity index (χ1n) is 15.7. The molecule has 0 saturated heterocycles. The van der Waals surface area contributed by atoms with Crippen molar-refractivity contribution in [2.45, 2.75) is 115 Å². The molecule has 45 heavy (non-hydrogen) atoms. The normalized spacial score (nSPS) is 25.7. The van der Waals surface area contributed by atoms with Crippen LogP contribution in [0.25, 0.3) is 6.08 Å². The van der Waals surface area contributed by atoms with Crippen molar-refractivity contribution in [1.29, 1.82) is 0 Å². The van der Waals surface area contributed by atoms with Gasteiger partial charge in [0.1, 0.15) is 5.72 Å². The summed E-state index contributed by atoms with van der Waals surface area (Å²) in [6, 6.07) is -0.226. The van der Waals surface area contributed by atoms with E-state index in [-0.39, 0.29) is 35.4 Å². The van der Waals surface area contributed by atoms with Crippen LogP contribution >= 0.6 is 25.3 Å². The van der Waals surface area contributed by atoms with Crippen LogP contribution in [0, 0.1) is 13.8 Å². The standard InChI is InChI=1S/C34H46N4O5S2/c1-15-21(7-9-30(39)40)26-13-27-22(8-10-31(41)42)16(2)24(36-27)12-28-32(19(5)44)17(3)29(37-28)14-34(43)33(20(6)45)18(4)25(38-34)11-23(15)35-26/h13,19-20,23,25,35-38,43-45H,7-12,14H2,1-6H3,(H,39,40)(H,41,42)/b26-13-/t19-,20-,23?,25-,34+/m0/s1. The summed E-state index contributed by atoms with van der Waals surface area (Å²) in [5, 5.41) is 38.4. The maximum atomic E-state index is 12.3. The van der Waals surface area contributed by atoms with E-state index in [0.717, 1.165) is 73.0 Å². The Morgan fingerprint density at radius 1 is 0.911 bits per heavy atom. The number of carboxylic acids is 2. The maximum absolute atomic E-state index is 12.3. The third kappa shape index (κ3) is 6.41. The van der Waals surface area contributed by atoms with Gasteiger partial charge in [-0.2, -0.15) is 25.3 Å². The van der Waals surface area contributed by atoms with Crippen LogP contribution in [-0.2, 0) is 28.9 Å². The number of aliphatic carboxylic acids is 2. The topological polar surface area (TPSA) is 150 Å². The Morgan fingerprint density at radius 2 is 1.58 bits per heavy atom. The van der Waals surface area contributed by atoms with Crippen molar-refractivity contribution >= 4 is 43.3 Å². The van der Waals surface area contributed by atoms with Crippen LogP contribution < -0.4 is 10.6 Å². The summed E-state index contributed by atoms with van der Waals surface area (Å²) in [6.07, 6.45) is 4.29. The first-order valence-corrected chi connectivity index (χ1v) is 16.7. The Bertz CT molecular complexity index is 1630. The van der Waals surface area contributed by atoms with Gasteiger partial charge >= 0.3 is 11.9 Å². The highest BCUT2D eigenvalue weighted by Crippen LogP contribution is 2.41. The molecule has 2 aromatic heterocycles. The number of hydrogen-bond donors (Lipinski definition) is 9. The fraction of sp³-hybridized carbons (Fsp3) is 0.529. The Kier molecular flexibility index (Phi) is 9.48. The second-order valence-corrected chi connectivity index (χ2v) is 14.6. The van der Waals surface area contributed by atoms with Crippen molar-refractivity contribution in [3.05, 3.63) is 73.0 Å². The molecule has 0 aliphatic carbocycles. The van der Waals surface area contributed by atoms with E-state index in [1.165, 1.54) is 0 Å². The summed E-state index contributed by atoms with van der Waals surface area (Å²) in [7, 11) is 0. The molecule has 5 atom stereocenters. The minimum Gasteiger partial charge on any atom is -0.481 e. The molecule has 0 amide bonds. The van der Waals surface area contributed by atoms with Crippen LogP contribution in [0.15, 0.2) is 28.0 Å². The molecule has 1 unspecified atom stereocenters. The summed E-state index contributed by atoms with van der Waals surface area (Å²) in [5.41, 5.74) is 11.4. The fourth-order valence-corrected chi connectivity index (χ4v) is 8.54. The number of rotatable bonds is 8. The SMILES string of the molecule is CC1=C(CCC(=O)O)/C2=C/c3[nH]c(c(C)c3CCC(=O)O)Cc3[nH]c(c(C)c3[C@H](C)S)C[C@]3(O)N[C@@H](CC1N2)C(C)=C3[C@H](C)S. The highest BCUT2D eigenvalue weighted by molar-refractivity contribution is 7.81. The number of H-pyrrole nitrogens is 2. The molecule has 0 saturated carbocycles. The number of hydrogen-bond acceptors (Lipinski definition) is 7. The lowest BCUT2D eigenvalue weighted by atomic mass is 9.91. The van der Waals surface area contributed by atoms with Crippen molar-refractivity contribution in [2.75, 3.05) is 0 Å². The smallest absolute Gasteiger partial charge is 0.303 e. The third-order valence-corrected chi connectivity index (χ3v) is 10.5. The Labute approximate surface area is 275 Å². The first-order chi connectivity index (χ1) is 21.1. The van der Waals surface area contributed by atoms with E-state index >= 15 is 0 Å². The summed E-state index contributed by atoms with van der Waals surface area (Å²) >= 11 is 9.65. The molecule has 5 rings (SSSR count). The van der Waals surface area contributed by atoms with Gasteiger partial charge in [-0.15, -0.1) is 0 Å². The van der Waals surface area contributed by atoms with E-state index in [1.807, 2.05) is 33.8 Å². The van der Waals surface area contributed by atoms with Crippen LogP contribution in [0.5, 0.6) is 0 Å². The molecule has 244 valence electrons. The van der Waals surface area contributed by atoms with Crippen molar-refractivity contribution in [1.82, 2.24) is 20.6 Å². The molecule has 0 radical (unpaired) electrons. The van der Waals surface area contributed by atoms with Crippen LogP contribution in [0.3, 0.4) is 0 Å². The molecule has 3 aliphatic rings. The number of aliphatic hydroxyl groups is 1. The maximum Gasteiger partial charge on any atom is 0.303 e. The molecule has 0 spiro atoms. The zero-order valence-corrected chi connectivity index (χ0v) is 28.7. The fourth-order valence-electron chi connectivity index (χ4n) is 7.78. The molecule has 0 fully saturated rings. The minimum atomic E-state index is -1.31. The van der Waals surface area contributed by atoms with Crippen LogP contribution in [0.4, 0.5) is 0 Å². The number of thiol groups is 2. The van der Waals surface area contributed by atoms with Gasteiger partial charge in [0, 0.05) is 76.7 Å². The van der Waals surface area contributed by atoms with Gasteiger partial charge < -0.3 is 30.6 Å². The van der Waals surface area contributed by atoms with Crippen molar-refractivity contribution < 1.29 is 24.9 Å². The summed E-state index contributed by atoms with van der Waals surface area (Å²) in [4.78, 5) is 30.5. The minimum absolute atomic E-state index is 0.0000590. The van der Waals surface area contributed by atoms with Gasteiger partial charge in [-0.1, -0.05) is 5.57 Å². The Balaban J connectivity index is 1.72. The highest BCUT2D eigenvalue weighted by atomic mass is 32.1. The average molecular weight is 655 g/mol. The summed E-state index contributed by atoms with van der Waals surface area (Å²) in [6.45, 7) is 12.2. The lowest BCUT2D eigenvalue weighted by molar-refractivity contribution is -0.138. The van der Waals surface area contributed by atoms with Crippen LogP contribution in [-0.4, -0.2) is 60.3 Å². The molecule has 7 N–H and O–H groups in total. The lowest BCUT2D eigenvalue weighted by Gasteiger charge is -2.30. The quantitative estimate of drug-likeness (QED) is 0.139. The van der Waals surface area contributed by atoms with E-state index < -0.39 is 17.7 Å². The molecule has 8 bridgehead atoms. The number of aromatic nitrogens is 2. The van der Waals surface area contributed by atoms with Gasteiger partial charge in [-0.05, 0) is 106 Å². The predicted octanol–water partition coefficient (Wildman–Crippen LogP) is 5.29. The molecule has 2 aromatic rings. The van der Waals surface area contributed by atoms with Gasteiger partial charge in [-0.25, -0.2) is 0 Å². The number of carboxylic acid groups (broad SMARTS) is 2. The molecule has 0 aromatic carbocycles. The van der Waals surface area contributed by atoms with Gasteiger partial charge in [0.2, 0.25) is 0 Å². The molecule has 9 nitrogen and oxygen atoms in total. The van der Waals surface area contributed by atoms with E-state index in [4.69, 9.17) is 25.3 Å². The van der Waals surface area contributed by atoms with E-state index in [0.29, 0.717) is 32.1 Å². The van der Waals surface area contributed by atoms with Crippen molar-refractivity contribution in [2.24, 2.45) is 0 Å². The number of fused-ring (bicyclic) bond motifs is 8. The first kappa shape index (κ1) is 33.5. The number of carbonyl (C=O) groups is 2. The zero-order valence-electron chi connectivity index (χ0n) is 26.9. The van der Waals surface area contributed by atoms with Gasteiger partial charge in [-0.3, -0.25) is 14.9 Å². The number of nitrogens with one attached hydrogen (secondary N) is 4. The van der Waals surface area contributed by atoms with Gasteiger partial charge in [0.25, 0.3) is 0 Å². The van der Waals surface area contributed by atoms with Crippen molar-refractivity contribution in [3.63, 3.8) is 0 Å². The van der Waals surface area contributed by atoms with Gasteiger partial charge in [0.15, 0.2) is 0 Å². The zero-order chi connectivity index (χ0) is 33.0. The number of aromatic amines is 2.